The van der Waals surface area contributed by atoms with E-state index in [9.17, 15) is 5.11 Å². The quantitative estimate of drug-likeness (QED) is 0.577. The lowest BCUT2D eigenvalue weighted by atomic mass is 10.3. The molecule has 0 aromatic carbocycles. The molecule has 1 aliphatic heterocycles. The van der Waals surface area contributed by atoms with E-state index in [1.54, 1.807) is 13.8 Å². The van der Waals surface area contributed by atoms with Gasteiger partial charge in [-0.2, -0.15) is 0 Å². The van der Waals surface area contributed by atoms with Crippen molar-refractivity contribution in [3.8, 4) is 0 Å². The minimum absolute atomic E-state index is 0.0833. The smallest absolute Gasteiger partial charge is 0.160 e. The van der Waals surface area contributed by atoms with Crippen LogP contribution in [0.15, 0.2) is 0 Å². The topological polar surface area (TPSA) is 38.7 Å². The molecule has 0 amide bonds. The van der Waals surface area contributed by atoms with Gasteiger partial charge in [0.1, 0.15) is 0 Å². The fourth-order valence-corrected chi connectivity index (χ4v) is 1.01. The third-order valence-electron chi connectivity index (χ3n) is 1.34. The van der Waals surface area contributed by atoms with Crippen LogP contribution >= 0.6 is 0 Å². The van der Waals surface area contributed by atoms with Crippen molar-refractivity contribution >= 4 is 0 Å². The lowest BCUT2D eigenvalue weighted by Gasteiger charge is -2.21. The van der Waals surface area contributed by atoms with Gasteiger partial charge in [-0.25, -0.2) is 0 Å². The lowest BCUT2D eigenvalue weighted by molar-refractivity contribution is -0.204. The molecule has 1 saturated heterocycles. The van der Waals surface area contributed by atoms with E-state index in [0.717, 1.165) is 13.0 Å². The summed E-state index contributed by atoms with van der Waals surface area (Å²) >= 11 is 0. The van der Waals surface area contributed by atoms with Crippen molar-refractivity contribution in [2.45, 2.75) is 32.2 Å². The maximum Gasteiger partial charge on any atom is 0.160 e. The first kappa shape index (κ1) is 7.98. The lowest BCUT2D eigenvalue weighted by Crippen LogP contribution is -2.30. The van der Waals surface area contributed by atoms with Crippen molar-refractivity contribution < 1.29 is 14.6 Å². The average molecular weight is 146 g/mol. The first-order chi connectivity index (χ1) is 4.58. The summed E-state index contributed by atoms with van der Waals surface area (Å²) in [5.74, 6) is -1.02. The van der Waals surface area contributed by atoms with Crippen LogP contribution in [0.5, 0.6) is 0 Å². The molecule has 10 heavy (non-hydrogen) atoms. The Bertz CT molecular complexity index is 99.9. The van der Waals surface area contributed by atoms with E-state index >= 15 is 0 Å². The highest BCUT2D eigenvalue weighted by atomic mass is 16.6. The number of hydrogen-bond donors (Lipinski definition) is 1. The van der Waals surface area contributed by atoms with E-state index in [4.69, 9.17) is 9.47 Å². The van der Waals surface area contributed by atoms with Crippen LogP contribution < -0.4 is 0 Å². The minimum Gasteiger partial charge on any atom is -0.379 e. The largest absolute Gasteiger partial charge is 0.379 e. The zero-order valence-electron chi connectivity index (χ0n) is 6.46. The number of hydrogen-bond acceptors (Lipinski definition) is 3. The maximum atomic E-state index is 9.20. The second-order valence-electron chi connectivity index (χ2n) is 3.05. The monoisotopic (exact) mass is 146 g/mol. The van der Waals surface area contributed by atoms with Gasteiger partial charge < -0.3 is 14.6 Å². The molecular formula is C7H14O3. The van der Waals surface area contributed by atoms with E-state index in [0.29, 0.717) is 6.61 Å². The fourth-order valence-electron chi connectivity index (χ4n) is 1.01. The van der Waals surface area contributed by atoms with E-state index in [-0.39, 0.29) is 6.10 Å². The Balaban J connectivity index is 2.24. The average Bonchev–Trinajstić information content (AvgIpc) is 2.12. The van der Waals surface area contributed by atoms with Crippen molar-refractivity contribution in [3.05, 3.63) is 0 Å². The molecule has 0 aliphatic carbocycles. The van der Waals surface area contributed by atoms with Crippen LogP contribution in [-0.4, -0.2) is 30.2 Å². The summed E-state index contributed by atoms with van der Waals surface area (Å²) in [6, 6.07) is 0. The van der Waals surface area contributed by atoms with Crippen LogP contribution in [0.3, 0.4) is 0 Å². The Morgan fingerprint density at radius 2 is 2.30 bits per heavy atom. The SMILES string of the molecule is CC(C)(O)O[C@H]1CCOC1. The normalized spacial score (nSPS) is 27.3. The number of rotatable bonds is 2. The molecule has 3 heteroatoms. The zero-order valence-corrected chi connectivity index (χ0v) is 6.46. The molecule has 0 saturated carbocycles. The third-order valence-corrected chi connectivity index (χ3v) is 1.34. The second-order valence-corrected chi connectivity index (χ2v) is 3.05. The molecule has 0 aromatic heterocycles. The minimum atomic E-state index is -1.02. The van der Waals surface area contributed by atoms with Gasteiger partial charge in [0.2, 0.25) is 0 Å². The van der Waals surface area contributed by atoms with Crippen LogP contribution in [0.4, 0.5) is 0 Å². The highest BCUT2D eigenvalue weighted by Crippen LogP contribution is 2.14. The summed E-state index contributed by atoms with van der Waals surface area (Å²) in [5.41, 5.74) is 0. The van der Waals surface area contributed by atoms with Gasteiger partial charge in [-0.05, 0) is 20.3 Å². The van der Waals surface area contributed by atoms with Crippen molar-refractivity contribution in [1.82, 2.24) is 0 Å². The standard InChI is InChI=1S/C7H14O3/c1-7(2,8)10-6-3-4-9-5-6/h6,8H,3-5H2,1-2H3/t6-/m0/s1. The second kappa shape index (κ2) is 2.86. The third kappa shape index (κ3) is 2.64. The Kier molecular flexibility index (Phi) is 2.28. The van der Waals surface area contributed by atoms with Gasteiger partial charge in [0.15, 0.2) is 5.79 Å². The highest BCUT2D eigenvalue weighted by molar-refractivity contribution is 4.65. The molecule has 3 nitrogen and oxygen atoms in total. The molecule has 1 N–H and O–H groups in total. The van der Waals surface area contributed by atoms with Gasteiger partial charge in [0.05, 0.1) is 12.7 Å². The summed E-state index contributed by atoms with van der Waals surface area (Å²) in [7, 11) is 0. The van der Waals surface area contributed by atoms with Crippen LogP contribution in [0.1, 0.15) is 20.3 Å². The zero-order chi connectivity index (χ0) is 7.61. The summed E-state index contributed by atoms with van der Waals surface area (Å²) in [4.78, 5) is 0. The van der Waals surface area contributed by atoms with E-state index in [1.165, 1.54) is 0 Å². The Morgan fingerprint density at radius 3 is 2.70 bits per heavy atom. The summed E-state index contributed by atoms with van der Waals surface area (Å²) < 4.78 is 10.3. The Morgan fingerprint density at radius 1 is 1.60 bits per heavy atom. The predicted molar refractivity (Wildman–Crippen MR) is 36.6 cm³/mol. The van der Waals surface area contributed by atoms with Gasteiger partial charge in [-0.3, -0.25) is 0 Å². The summed E-state index contributed by atoms with van der Waals surface area (Å²) in [6.45, 7) is 4.63. The molecule has 1 aliphatic rings. The molecule has 1 heterocycles. The van der Waals surface area contributed by atoms with E-state index in [1.807, 2.05) is 0 Å². The van der Waals surface area contributed by atoms with Crippen LogP contribution in [0.2, 0.25) is 0 Å². The number of aliphatic hydroxyl groups is 1. The number of ether oxygens (including phenoxy) is 2. The first-order valence-electron chi connectivity index (χ1n) is 3.56. The molecule has 1 fully saturated rings. The van der Waals surface area contributed by atoms with Crippen LogP contribution in [-0.2, 0) is 9.47 Å². The molecule has 0 spiro atoms. The molecule has 0 radical (unpaired) electrons. The summed E-state index contributed by atoms with van der Waals surface area (Å²) in [5, 5.41) is 9.20. The molecule has 0 bridgehead atoms. The van der Waals surface area contributed by atoms with Crippen LogP contribution in [0, 0.1) is 0 Å². The molecule has 1 atom stereocenters. The van der Waals surface area contributed by atoms with Crippen LogP contribution in [0.25, 0.3) is 0 Å². The van der Waals surface area contributed by atoms with Gasteiger partial charge in [-0.1, -0.05) is 0 Å². The van der Waals surface area contributed by atoms with Gasteiger partial charge in [0, 0.05) is 6.61 Å². The Labute approximate surface area is 60.9 Å². The molecular weight excluding hydrogens is 132 g/mol. The molecule has 60 valence electrons. The van der Waals surface area contributed by atoms with Crippen molar-refractivity contribution in [1.29, 1.82) is 0 Å². The molecule has 1 rings (SSSR count). The van der Waals surface area contributed by atoms with Gasteiger partial charge in [0.25, 0.3) is 0 Å². The van der Waals surface area contributed by atoms with Crippen molar-refractivity contribution in [2.75, 3.05) is 13.2 Å². The van der Waals surface area contributed by atoms with Gasteiger partial charge in [-0.15, -0.1) is 0 Å². The van der Waals surface area contributed by atoms with Gasteiger partial charge >= 0.3 is 0 Å². The van der Waals surface area contributed by atoms with E-state index < -0.39 is 5.79 Å². The molecule has 0 aromatic rings. The van der Waals surface area contributed by atoms with E-state index in [2.05, 4.69) is 0 Å². The first-order valence-corrected chi connectivity index (χ1v) is 3.56. The van der Waals surface area contributed by atoms with Crippen molar-refractivity contribution in [2.24, 2.45) is 0 Å². The molecule has 0 unspecified atom stereocenters. The predicted octanol–water partition coefficient (Wildman–Crippen LogP) is 0.520. The highest BCUT2D eigenvalue weighted by Gasteiger charge is 2.23. The maximum absolute atomic E-state index is 9.20. The fraction of sp³-hybridized carbons (Fsp3) is 1.00. The summed E-state index contributed by atoms with van der Waals surface area (Å²) in [6.07, 6.45) is 0.976. The Hall–Kier alpha value is -0.120. The van der Waals surface area contributed by atoms with Crippen molar-refractivity contribution in [3.63, 3.8) is 0 Å².